The minimum absolute atomic E-state index is 0.476. The van der Waals surface area contributed by atoms with Gasteiger partial charge in [-0.25, -0.2) is 4.98 Å². The lowest BCUT2D eigenvalue weighted by Crippen LogP contribution is -2.28. The van der Waals surface area contributed by atoms with Crippen LogP contribution in [0.25, 0.3) is 11.2 Å². The number of nitrogens with zero attached hydrogens (tertiary/aromatic N) is 2. The molecule has 2 N–H and O–H groups in total. The molecule has 5 nitrogen and oxygen atoms in total. The van der Waals surface area contributed by atoms with E-state index in [1.807, 2.05) is 12.1 Å². The Morgan fingerprint density at radius 1 is 1.35 bits per heavy atom. The van der Waals surface area contributed by atoms with E-state index in [1.165, 1.54) is 12.8 Å². The molecule has 90 valence electrons. The fraction of sp³-hybridized carbons (Fsp3) is 0.500. The van der Waals surface area contributed by atoms with E-state index in [1.54, 1.807) is 7.11 Å². The van der Waals surface area contributed by atoms with E-state index >= 15 is 0 Å². The van der Waals surface area contributed by atoms with Gasteiger partial charge >= 0.3 is 0 Å². The molecule has 1 unspecified atom stereocenters. The first-order valence-electron chi connectivity index (χ1n) is 5.98. The first-order chi connectivity index (χ1) is 8.36. The summed E-state index contributed by atoms with van der Waals surface area (Å²) < 4.78 is 5.10. The lowest BCUT2D eigenvalue weighted by molar-refractivity contribution is 0.399. The average Bonchev–Trinajstić information content (AvgIpc) is 2.82. The van der Waals surface area contributed by atoms with E-state index < -0.39 is 0 Å². The quantitative estimate of drug-likeness (QED) is 0.822. The Labute approximate surface area is 99.6 Å². The highest BCUT2D eigenvalue weighted by atomic mass is 16.5. The van der Waals surface area contributed by atoms with Gasteiger partial charge in [0.05, 0.1) is 12.6 Å². The van der Waals surface area contributed by atoms with Gasteiger partial charge in [-0.15, -0.1) is 0 Å². The molecule has 1 aliphatic rings. The number of aromatic nitrogens is 3. The zero-order valence-corrected chi connectivity index (χ0v) is 9.86. The monoisotopic (exact) mass is 232 g/mol. The molecule has 0 aliphatic carbocycles. The fourth-order valence-electron chi connectivity index (χ4n) is 2.29. The van der Waals surface area contributed by atoms with Crippen LogP contribution in [-0.2, 0) is 0 Å². The summed E-state index contributed by atoms with van der Waals surface area (Å²) in [5, 5.41) is 3.40. The van der Waals surface area contributed by atoms with E-state index in [0.717, 1.165) is 30.1 Å². The third-order valence-electron chi connectivity index (χ3n) is 3.23. The average molecular weight is 232 g/mol. The van der Waals surface area contributed by atoms with E-state index in [-0.39, 0.29) is 0 Å². The predicted molar refractivity (Wildman–Crippen MR) is 65.3 cm³/mol. The van der Waals surface area contributed by atoms with Crippen LogP contribution in [0.5, 0.6) is 5.88 Å². The maximum Gasteiger partial charge on any atom is 0.215 e. The number of aromatic amines is 1. The van der Waals surface area contributed by atoms with Gasteiger partial charge in [0.15, 0.2) is 5.65 Å². The second-order valence-corrected chi connectivity index (χ2v) is 4.39. The molecule has 1 aliphatic heterocycles. The molecule has 1 saturated heterocycles. The summed E-state index contributed by atoms with van der Waals surface area (Å²) >= 11 is 0. The molecule has 1 atom stereocenters. The highest BCUT2D eigenvalue weighted by Gasteiger charge is 2.18. The molecule has 0 saturated carbocycles. The van der Waals surface area contributed by atoms with Crippen molar-refractivity contribution in [2.75, 3.05) is 20.2 Å². The zero-order valence-electron chi connectivity index (χ0n) is 9.86. The number of H-pyrrole nitrogens is 1. The molecule has 5 heteroatoms. The second-order valence-electron chi connectivity index (χ2n) is 4.39. The molecule has 0 aromatic carbocycles. The second kappa shape index (κ2) is 4.33. The fourth-order valence-corrected chi connectivity index (χ4v) is 2.29. The van der Waals surface area contributed by atoms with Crippen LogP contribution in [0.2, 0.25) is 0 Å². The van der Waals surface area contributed by atoms with Crippen molar-refractivity contribution in [1.82, 2.24) is 20.3 Å². The highest BCUT2D eigenvalue weighted by Crippen LogP contribution is 2.23. The first kappa shape index (κ1) is 10.5. The minimum atomic E-state index is 0.476. The van der Waals surface area contributed by atoms with Gasteiger partial charge in [0.25, 0.3) is 0 Å². The third-order valence-corrected chi connectivity index (χ3v) is 3.23. The molecule has 0 radical (unpaired) electrons. The van der Waals surface area contributed by atoms with Crippen LogP contribution in [0.15, 0.2) is 12.1 Å². The van der Waals surface area contributed by atoms with Crippen molar-refractivity contribution in [2.45, 2.75) is 18.8 Å². The summed E-state index contributed by atoms with van der Waals surface area (Å²) in [7, 11) is 1.62. The highest BCUT2D eigenvalue weighted by molar-refractivity contribution is 5.71. The Morgan fingerprint density at radius 3 is 3.06 bits per heavy atom. The van der Waals surface area contributed by atoms with Crippen LogP contribution < -0.4 is 10.1 Å². The molecule has 2 aromatic rings. The summed E-state index contributed by atoms with van der Waals surface area (Å²) in [6.45, 7) is 2.11. The summed E-state index contributed by atoms with van der Waals surface area (Å²) in [4.78, 5) is 12.2. The minimum Gasteiger partial charge on any atom is -0.481 e. The largest absolute Gasteiger partial charge is 0.481 e. The summed E-state index contributed by atoms with van der Waals surface area (Å²) in [5.74, 6) is 2.12. The molecular weight excluding hydrogens is 216 g/mol. The van der Waals surface area contributed by atoms with Crippen LogP contribution in [0.1, 0.15) is 24.6 Å². The Kier molecular flexibility index (Phi) is 2.68. The summed E-state index contributed by atoms with van der Waals surface area (Å²) in [5.41, 5.74) is 1.72. The smallest absolute Gasteiger partial charge is 0.215 e. The van der Waals surface area contributed by atoms with Crippen molar-refractivity contribution in [3.05, 3.63) is 18.0 Å². The maximum absolute atomic E-state index is 5.10. The lowest BCUT2D eigenvalue weighted by Gasteiger charge is -2.20. The van der Waals surface area contributed by atoms with E-state index in [2.05, 4.69) is 20.3 Å². The number of hydrogen-bond donors (Lipinski definition) is 2. The molecule has 1 fully saturated rings. The van der Waals surface area contributed by atoms with Crippen LogP contribution in [-0.4, -0.2) is 35.2 Å². The van der Waals surface area contributed by atoms with Crippen LogP contribution >= 0.6 is 0 Å². The van der Waals surface area contributed by atoms with Crippen LogP contribution in [0.3, 0.4) is 0 Å². The van der Waals surface area contributed by atoms with Gasteiger partial charge in [0.2, 0.25) is 5.88 Å². The van der Waals surface area contributed by atoms with E-state index in [0.29, 0.717) is 11.8 Å². The number of methoxy groups -OCH3 is 1. The number of fused-ring (bicyclic) bond motifs is 1. The lowest BCUT2D eigenvalue weighted by atomic mass is 9.99. The maximum atomic E-state index is 5.10. The molecule has 0 amide bonds. The van der Waals surface area contributed by atoms with Gasteiger partial charge in [-0.1, -0.05) is 0 Å². The first-order valence-corrected chi connectivity index (χ1v) is 5.98. The Hall–Kier alpha value is -1.62. The zero-order chi connectivity index (χ0) is 11.7. The molecular formula is C12H16N4O. The van der Waals surface area contributed by atoms with Crippen molar-refractivity contribution in [3.8, 4) is 5.88 Å². The number of hydrogen-bond acceptors (Lipinski definition) is 4. The Bertz CT molecular complexity index is 516. The number of ether oxygens (including phenoxy) is 1. The van der Waals surface area contributed by atoms with Gasteiger partial charge in [0, 0.05) is 18.5 Å². The third kappa shape index (κ3) is 1.98. The van der Waals surface area contributed by atoms with E-state index in [4.69, 9.17) is 4.74 Å². The number of pyridine rings is 1. The van der Waals surface area contributed by atoms with Crippen molar-refractivity contribution in [1.29, 1.82) is 0 Å². The van der Waals surface area contributed by atoms with Crippen molar-refractivity contribution < 1.29 is 4.74 Å². The Morgan fingerprint density at radius 2 is 2.29 bits per heavy atom. The van der Waals surface area contributed by atoms with Crippen LogP contribution in [0.4, 0.5) is 0 Å². The SMILES string of the molecule is COc1ccc2[nH]c(C3CCCNC3)nc2n1. The molecule has 17 heavy (non-hydrogen) atoms. The molecule has 0 bridgehead atoms. The van der Waals surface area contributed by atoms with Crippen molar-refractivity contribution in [3.63, 3.8) is 0 Å². The number of imidazole rings is 1. The summed E-state index contributed by atoms with van der Waals surface area (Å²) in [6, 6.07) is 3.82. The number of piperidine rings is 1. The normalized spacial score (nSPS) is 20.6. The standard InChI is InChI=1S/C12H16N4O/c1-17-10-5-4-9-12(15-10)16-11(14-9)8-3-2-6-13-7-8/h4-5,8,13H,2-3,6-7H2,1H3,(H,14,15,16). The van der Waals surface area contributed by atoms with E-state index in [9.17, 15) is 0 Å². The van der Waals surface area contributed by atoms with Crippen molar-refractivity contribution >= 4 is 11.2 Å². The molecule has 3 heterocycles. The van der Waals surface area contributed by atoms with Gasteiger partial charge in [0.1, 0.15) is 5.82 Å². The molecule has 3 rings (SSSR count). The number of nitrogens with one attached hydrogen (secondary N) is 2. The number of rotatable bonds is 2. The molecule has 0 spiro atoms. The van der Waals surface area contributed by atoms with Gasteiger partial charge in [-0.3, -0.25) is 0 Å². The van der Waals surface area contributed by atoms with Crippen molar-refractivity contribution in [2.24, 2.45) is 0 Å². The molecule has 2 aromatic heterocycles. The predicted octanol–water partition coefficient (Wildman–Crippen LogP) is 1.43. The topological polar surface area (TPSA) is 62.8 Å². The summed E-state index contributed by atoms with van der Waals surface area (Å²) in [6.07, 6.45) is 2.39. The Balaban J connectivity index is 1.95. The van der Waals surface area contributed by atoms with Crippen LogP contribution in [0, 0.1) is 0 Å². The van der Waals surface area contributed by atoms with Gasteiger partial charge in [-0.05, 0) is 25.5 Å². The van der Waals surface area contributed by atoms with Gasteiger partial charge < -0.3 is 15.0 Å². The van der Waals surface area contributed by atoms with Gasteiger partial charge in [-0.2, -0.15) is 4.98 Å².